The molecule has 0 unspecified atom stereocenters. The quantitative estimate of drug-likeness (QED) is 0.794. The Labute approximate surface area is 106 Å². The van der Waals surface area contributed by atoms with E-state index in [-0.39, 0.29) is 11.3 Å². The maximum atomic E-state index is 11.8. The van der Waals surface area contributed by atoms with Gasteiger partial charge in [-0.05, 0) is 42.2 Å². The zero-order chi connectivity index (χ0) is 11.6. The zero-order valence-electron chi connectivity index (χ0n) is 8.87. The second kappa shape index (κ2) is 4.68. The minimum atomic E-state index is 0.0498. The van der Waals surface area contributed by atoms with Gasteiger partial charge in [0.1, 0.15) is 0 Å². The van der Waals surface area contributed by atoms with Gasteiger partial charge in [-0.3, -0.25) is 4.79 Å². The van der Waals surface area contributed by atoms with E-state index in [2.05, 4.69) is 17.9 Å². The Morgan fingerprint density at radius 2 is 2.25 bits per heavy atom. The van der Waals surface area contributed by atoms with E-state index >= 15 is 0 Å². The minimum absolute atomic E-state index is 0.0498. The summed E-state index contributed by atoms with van der Waals surface area (Å²) in [7, 11) is 0. The normalized spacial score (nSPS) is 16.9. The molecule has 2 nitrogen and oxygen atoms in total. The third kappa shape index (κ3) is 2.92. The van der Waals surface area contributed by atoms with Crippen molar-refractivity contribution in [3.63, 3.8) is 0 Å². The van der Waals surface area contributed by atoms with Crippen molar-refractivity contribution in [2.75, 3.05) is 11.1 Å². The number of amides is 1. The Kier molecular flexibility index (Phi) is 3.45. The van der Waals surface area contributed by atoms with Crippen LogP contribution in [-0.4, -0.2) is 11.7 Å². The Balaban J connectivity index is 1.92. The number of benzene rings is 1. The lowest BCUT2D eigenvalue weighted by Crippen LogP contribution is -2.18. The fraction of sp³-hybridized carbons (Fsp3) is 0.417. The van der Waals surface area contributed by atoms with Gasteiger partial charge in [-0.25, -0.2) is 0 Å². The van der Waals surface area contributed by atoms with Gasteiger partial charge < -0.3 is 5.32 Å². The summed E-state index contributed by atoms with van der Waals surface area (Å²) in [4.78, 5) is 11.8. The summed E-state index contributed by atoms with van der Waals surface area (Å²) in [5.74, 6) is 0.837. The Bertz CT molecular complexity index is 404. The molecular weight excluding hydrogens is 242 g/mol. The maximum Gasteiger partial charge on any atom is 0.224 e. The number of carbonyl (C=O) groups is 1. The predicted molar refractivity (Wildman–Crippen MR) is 70.2 cm³/mol. The molecule has 86 valence electrons. The molecule has 1 saturated carbocycles. The van der Waals surface area contributed by atoms with Crippen LogP contribution in [0.4, 0.5) is 5.69 Å². The van der Waals surface area contributed by atoms with Gasteiger partial charge in [0.25, 0.3) is 0 Å². The number of rotatable bonds is 4. The van der Waals surface area contributed by atoms with Crippen molar-refractivity contribution < 1.29 is 4.79 Å². The van der Waals surface area contributed by atoms with Crippen molar-refractivity contribution in [1.29, 1.82) is 0 Å². The zero-order valence-corrected chi connectivity index (χ0v) is 10.5. The van der Waals surface area contributed by atoms with E-state index in [0.29, 0.717) is 11.4 Å². The molecule has 0 bridgehead atoms. The number of nitrogens with one attached hydrogen (secondary N) is 1. The highest BCUT2D eigenvalue weighted by atomic mass is 35.5. The molecule has 1 aliphatic carbocycles. The van der Waals surface area contributed by atoms with Gasteiger partial charge in [0.05, 0.1) is 0 Å². The van der Waals surface area contributed by atoms with Crippen LogP contribution < -0.4 is 5.32 Å². The van der Waals surface area contributed by atoms with Gasteiger partial charge in [-0.15, -0.1) is 0 Å². The van der Waals surface area contributed by atoms with E-state index < -0.39 is 0 Å². The van der Waals surface area contributed by atoms with Crippen LogP contribution in [0.25, 0.3) is 0 Å². The average Bonchev–Trinajstić information content (AvgIpc) is 2.98. The van der Waals surface area contributed by atoms with Crippen molar-refractivity contribution in [2.24, 2.45) is 5.41 Å². The minimum Gasteiger partial charge on any atom is -0.326 e. The fourth-order valence-electron chi connectivity index (χ4n) is 1.68. The molecule has 0 atom stereocenters. The fourth-order valence-corrected chi connectivity index (χ4v) is 2.30. The van der Waals surface area contributed by atoms with Crippen LogP contribution in [0, 0.1) is 5.41 Å². The Morgan fingerprint density at radius 3 is 2.81 bits per heavy atom. The molecule has 0 radical (unpaired) electrons. The molecular formula is C12H14ClNOS. The van der Waals surface area contributed by atoms with Gasteiger partial charge in [-0.1, -0.05) is 17.7 Å². The largest absolute Gasteiger partial charge is 0.326 e. The van der Waals surface area contributed by atoms with Crippen molar-refractivity contribution in [3.05, 3.63) is 29.3 Å². The van der Waals surface area contributed by atoms with E-state index in [1.807, 2.05) is 12.1 Å². The smallest absolute Gasteiger partial charge is 0.224 e. The summed E-state index contributed by atoms with van der Waals surface area (Å²) in [5, 5.41) is 3.49. The third-order valence-electron chi connectivity index (χ3n) is 2.94. The highest BCUT2D eigenvalue weighted by Gasteiger charge is 2.42. The molecule has 4 heteroatoms. The van der Waals surface area contributed by atoms with E-state index in [1.165, 1.54) is 0 Å². The number of thiol groups is 1. The van der Waals surface area contributed by atoms with Crippen LogP contribution in [0.1, 0.15) is 19.3 Å². The summed E-state index contributed by atoms with van der Waals surface area (Å²) in [5.41, 5.74) is 0.915. The summed E-state index contributed by atoms with van der Waals surface area (Å²) in [6, 6.07) is 7.19. The lowest BCUT2D eigenvalue weighted by Gasteiger charge is -2.11. The second-order valence-corrected chi connectivity index (χ2v) is 5.15. The first-order valence-electron chi connectivity index (χ1n) is 5.30. The van der Waals surface area contributed by atoms with Crippen molar-refractivity contribution in [2.45, 2.75) is 19.3 Å². The molecule has 1 amide bonds. The lowest BCUT2D eigenvalue weighted by atomic mass is 10.1. The molecule has 1 N–H and O–H groups in total. The van der Waals surface area contributed by atoms with Crippen LogP contribution in [0.5, 0.6) is 0 Å². The van der Waals surface area contributed by atoms with E-state index in [4.69, 9.17) is 11.6 Å². The number of carbonyl (C=O) groups excluding carboxylic acids is 1. The number of hydrogen-bond acceptors (Lipinski definition) is 2. The standard InChI is InChI=1S/C12H14ClNOS/c13-9-2-1-3-10(6-9)14-11(15)7-12(8-16)4-5-12/h1-3,6,16H,4-5,7-8H2,(H,14,15). The van der Waals surface area contributed by atoms with Crippen LogP contribution in [0.3, 0.4) is 0 Å². The average molecular weight is 256 g/mol. The molecule has 0 saturated heterocycles. The first-order valence-corrected chi connectivity index (χ1v) is 6.31. The predicted octanol–water partition coefficient (Wildman–Crippen LogP) is 3.38. The summed E-state index contributed by atoms with van der Waals surface area (Å²) < 4.78 is 0. The number of anilines is 1. The van der Waals surface area contributed by atoms with Crippen molar-refractivity contribution >= 4 is 35.8 Å². The first kappa shape index (κ1) is 11.8. The van der Waals surface area contributed by atoms with Crippen LogP contribution in [0.15, 0.2) is 24.3 Å². The SMILES string of the molecule is O=C(CC1(CS)CC1)Nc1cccc(Cl)c1. The Morgan fingerprint density at radius 1 is 1.50 bits per heavy atom. The number of hydrogen-bond donors (Lipinski definition) is 2. The van der Waals surface area contributed by atoms with Crippen LogP contribution in [-0.2, 0) is 4.79 Å². The first-order chi connectivity index (χ1) is 7.63. The lowest BCUT2D eigenvalue weighted by molar-refractivity contribution is -0.117. The molecule has 0 spiro atoms. The van der Waals surface area contributed by atoms with Gasteiger partial charge in [-0.2, -0.15) is 12.6 Å². The van der Waals surface area contributed by atoms with Crippen LogP contribution in [0.2, 0.25) is 5.02 Å². The molecule has 1 fully saturated rings. The van der Waals surface area contributed by atoms with E-state index in [9.17, 15) is 4.79 Å². The van der Waals surface area contributed by atoms with Crippen LogP contribution >= 0.6 is 24.2 Å². The molecule has 1 aromatic rings. The topological polar surface area (TPSA) is 29.1 Å². The summed E-state index contributed by atoms with van der Waals surface area (Å²) in [6.07, 6.45) is 2.78. The monoisotopic (exact) mass is 255 g/mol. The van der Waals surface area contributed by atoms with Gasteiger partial charge >= 0.3 is 0 Å². The van der Waals surface area contributed by atoms with E-state index in [0.717, 1.165) is 24.3 Å². The van der Waals surface area contributed by atoms with Crippen molar-refractivity contribution in [1.82, 2.24) is 0 Å². The summed E-state index contributed by atoms with van der Waals surface area (Å²) >= 11 is 10.1. The van der Waals surface area contributed by atoms with Gasteiger partial charge in [0.2, 0.25) is 5.91 Å². The molecule has 1 aliphatic rings. The summed E-state index contributed by atoms with van der Waals surface area (Å²) in [6.45, 7) is 0. The van der Waals surface area contributed by atoms with Gasteiger partial charge in [0, 0.05) is 17.1 Å². The highest BCUT2D eigenvalue weighted by Crippen LogP contribution is 2.49. The van der Waals surface area contributed by atoms with E-state index in [1.54, 1.807) is 12.1 Å². The molecule has 0 heterocycles. The third-order valence-corrected chi connectivity index (χ3v) is 3.84. The number of halogens is 1. The Hall–Kier alpha value is -0.670. The molecule has 16 heavy (non-hydrogen) atoms. The highest BCUT2D eigenvalue weighted by molar-refractivity contribution is 7.80. The second-order valence-electron chi connectivity index (χ2n) is 4.39. The molecule has 1 aromatic carbocycles. The molecule has 2 rings (SSSR count). The molecule has 0 aliphatic heterocycles. The molecule has 0 aromatic heterocycles. The van der Waals surface area contributed by atoms with Gasteiger partial charge in [0.15, 0.2) is 0 Å². The maximum absolute atomic E-state index is 11.8. The van der Waals surface area contributed by atoms with Crippen molar-refractivity contribution in [3.8, 4) is 0 Å².